The molecule has 5 nitrogen and oxygen atoms in total. The summed E-state index contributed by atoms with van der Waals surface area (Å²) >= 11 is 3.07. The molecule has 7 heteroatoms. The van der Waals surface area contributed by atoms with Crippen LogP contribution in [0.4, 0.5) is 10.1 Å². The molecule has 1 N–H and O–H groups in total. The van der Waals surface area contributed by atoms with Crippen molar-refractivity contribution in [2.75, 3.05) is 5.32 Å². The lowest BCUT2D eigenvalue weighted by Gasteiger charge is -2.10. The quantitative estimate of drug-likeness (QED) is 0.931. The van der Waals surface area contributed by atoms with Gasteiger partial charge in [0, 0.05) is 11.9 Å². The second kappa shape index (κ2) is 5.96. The van der Waals surface area contributed by atoms with Gasteiger partial charge in [0.25, 0.3) is 5.56 Å². The summed E-state index contributed by atoms with van der Waals surface area (Å²) < 4.78 is 14.5. The highest BCUT2D eigenvalue weighted by molar-refractivity contribution is 9.10. The molecule has 104 valence electrons. The molecule has 0 bridgehead atoms. The van der Waals surface area contributed by atoms with Crippen LogP contribution < -0.4 is 10.9 Å². The number of rotatable bonds is 3. The minimum atomic E-state index is -0.444. The smallest absolute Gasteiger partial charge is 0.268 e. The van der Waals surface area contributed by atoms with Crippen LogP contribution in [0.2, 0.25) is 0 Å². The van der Waals surface area contributed by atoms with Crippen molar-refractivity contribution in [2.24, 2.45) is 0 Å². The highest BCUT2D eigenvalue weighted by Gasteiger charge is 2.10. The fourth-order valence-corrected chi connectivity index (χ4v) is 1.96. The molecular weight excluding hydrogens is 329 g/mol. The first-order valence-electron chi connectivity index (χ1n) is 5.75. The topological polar surface area (TPSA) is 64.0 Å². The number of aryl methyl sites for hydroxylation is 1. The number of carbonyl (C=O) groups excluding carboxylic acids is 1. The number of nitrogens with one attached hydrogen (secondary N) is 1. The molecule has 0 radical (unpaired) electrons. The molecule has 0 aliphatic rings. The Labute approximate surface area is 122 Å². The summed E-state index contributed by atoms with van der Waals surface area (Å²) in [6, 6.07) is 5.54. The third kappa shape index (κ3) is 3.30. The Hall–Kier alpha value is -2.02. The van der Waals surface area contributed by atoms with Crippen LogP contribution in [-0.4, -0.2) is 15.5 Å². The van der Waals surface area contributed by atoms with Crippen molar-refractivity contribution in [1.29, 1.82) is 0 Å². The van der Waals surface area contributed by atoms with Gasteiger partial charge in [-0.1, -0.05) is 6.07 Å². The predicted octanol–water partition coefficient (Wildman–Crippen LogP) is 2.09. The van der Waals surface area contributed by atoms with Crippen molar-refractivity contribution in [2.45, 2.75) is 13.5 Å². The summed E-state index contributed by atoms with van der Waals surface area (Å²) in [4.78, 5) is 27.7. The highest BCUT2D eigenvalue weighted by atomic mass is 79.9. The van der Waals surface area contributed by atoms with E-state index in [2.05, 4.69) is 26.2 Å². The number of aromatic nitrogens is 2. The molecule has 1 aromatic heterocycles. The molecule has 0 saturated carbocycles. The van der Waals surface area contributed by atoms with Crippen LogP contribution in [-0.2, 0) is 11.3 Å². The third-order valence-corrected chi connectivity index (χ3v) is 3.16. The first-order chi connectivity index (χ1) is 9.47. The van der Waals surface area contributed by atoms with E-state index < -0.39 is 11.7 Å². The van der Waals surface area contributed by atoms with Crippen LogP contribution in [0.1, 0.15) is 5.82 Å². The van der Waals surface area contributed by atoms with E-state index >= 15 is 0 Å². The summed E-state index contributed by atoms with van der Waals surface area (Å²) in [5, 5.41) is 2.52. The minimum absolute atomic E-state index is 0.187. The van der Waals surface area contributed by atoms with Gasteiger partial charge in [-0.25, -0.2) is 9.37 Å². The summed E-state index contributed by atoms with van der Waals surface area (Å²) in [5.74, 6) is -0.450. The maximum atomic E-state index is 13.0. The van der Waals surface area contributed by atoms with E-state index in [9.17, 15) is 14.0 Å². The first kappa shape index (κ1) is 14.4. The summed E-state index contributed by atoms with van der Waals surface area (Å²) in [7, 11) is 0. The van der Waals surface area contributed by atoms with Crippen molar-refractivity contribution >= 4 is 27.5 Å². The van der Waals surface area contributed by atoms with Crippen molar-refractivity contribution < 1.29 is 9.18 Å². The van der Waals surface area contributed by atoms with E-state index in [4.69, 9.17) is 0 Å². The molecular formula is C13H11BrFN3O2. The average Bonchev–Trinajstić information content (AvgIpc) is 2.39. The van der Waals surface area contributed by atoms with E-state index in [0.29, 0.717) is 11.5 Å². The van der Waals surface area contributed by atoms with Gasteiger partial charge in [-0.2, -0.15) is 0 Å². The zero-order chi connectivity index (χ0) is 14.7. The number of nitrogens with zero attached hydrogens (tertiary/aromatic N) is 2. The van der Waals surface area contributed by atoms with E-state index in [1.807, 2.05) is 0 Å². The Morgan fingerprint density at radius 3 is 2.95 bits per heavy atom. The van der Waals surface area contributed by atoms with Crippen molar-refractivity contribution in [1.82, 2.24) is 9.55 Å². The van der Waals surface area contributed by atoms with Crippen molar-refractivity contribution in [3.05, 3.63) is 56.9 Å². The standard InChI is InChI=1S/C13H11BrFN3O2/c1-8-16-6-11(14)13(20)18(8)7-12(19)17-10-4-2-3-9(15)5-10/h2-6H,7H2,1H3,(H,17,19). The maximum Gasteiger partial charge on any atom is 0.268 e. The molecule has 0 spiro atoms. The molecule has 0 aliphatic carbocycles. The van der Waals surface area contributed by atoms with Gasteiger partial charge in [0.2, 0.25) is 5.91 Å². The fourth-order valence-electron chi connectivity index (χ4n) is 1.65. The van der Waals surface area contributed by atoms with Crippen molar-refractivity contribution in [3.8, 4) is 0 Å². The number of anilines is 1. The Morgan fingerprint density at radius 1 is 1.50 bits per heavy atom. The Balaban J connectivity index is 2.17. The molecule has 1 amide bonds. The molecule has 0 aliphatic heterocycles. The molecule has 0 fully saturated rings. The van der Waals surface area contributed by atoms with Gasteiger partial charge >= 0.3 is 0 Å². The third-order valence-electron chi connectivity index (χ3n) is 2.61. The normalized spacial score (nSPS) is 10.3. The van der Waals surface area contributed by atoms with E-state index in [1.54, 1.807) is 13.0 Å². The Morgan fingerprint density at radius 2 is 2.25 bits per heavy atom. The van der Waals surface area contributed by atoms with Crippen LogP contribution in [0, 0.1) is 12.7 Å². The first-order valence-corrected chi connectivity index (χ1v) is 6.54. The number of halogens is 2. The fraction of sp³-hybridized carbons (Fsp3) is 0.154. The van der Waals surface area contributed by atoms with Gasteiger partial charge in [0.15, 0.2) is 0 Å². The summed E-state index contributed by atoms with van der Waals surface area (Å²) in [6.45, 7) is 1.44. The molecule has 0 atom stereocenters. The molecule has 20 heavy (non-hydrogen) atoms. The average molecular weight is 340 g/mol. The lowest BCUT2D eigenvalue weighted by atomic mass is 10.3. The largest absolute Gasteiger partial charge is 0.324 e. The molecule has 1 aromatic carbocycles. The van der Waals surface area contributed by atoms with Gasteiger partial charge in [0.1, 0.15) is 22.7 Å². The monoisotopic (exact) mass is 339 g/mol. The van der Waals surface area contributed by atoms with E-state index in [-0.39, 0.29) is 16.6 Å². The number of hydrogen-bond donors (Lipinski definition) is 1. The highest BCUT2D eigenvalue weighted by Crippen LogP contribution is 2.09. The lowest BCUT2D eigenvalue weighted by Crippen LogP contribution is -2.30. The number of carbonyl (C=O) groups is 1. The molecule has 0 saturated heterocycles. The zero-order valence-electron chi connectivity index (χ0n) is 10.6. The summed E-state index contributed by atoms with van der Waals surface area (Å²) in [5.41, 5.74) is -0.00412. The SMILES string of the molecule is Cc1ncc(Br)c(=O)n1CC(=O)Nc1cccc(F)c1. The number of benzene rings is 1. The molecule has 2 aromatic rings. The number of hydrogen-bond acceptors (Lipinski definition) is 3. The zero-order valence-corrected chi connectivity index (χ0v) is 12.1. The van der Waals surface area contributed by atoms with Gasteiger partial charge in [-0.15, -0.1) is 0 Å². The second-order valence-electron chi connectivity index (χ2n) is 4.10. The van der Waals surface area contributed by atoms with Gasteiger partial charge in [-0.3, -0.25) is 14.2 Å². The van der Waals surface area contributed by atoms with Crippen LogP contribution >= 0.6 is 15.9 Å². The van der Waals surface area contributed by atoms with Gasteiger partial charge in [-0.05, 0) is 41.1 Å². The van der Waals surface area contributed by atoms with Crippen LogP contribution in [0.25, 0.3) is 0 Å². The van der Waals surface area contributed by atoms with Crippen LogP contribution in [0.5, 0.6) is 0 Å². The van der Waals surface area contributed by atoms with Crippen LogP contribution in [0.3, 0.4) is 0 Å². The van der Waals surface area contributed by atoms with Crippen LogP contribution in [0.15, 0.2) is 39.7 Å². The van der Waals surface area contributed by atoms with E-state index in [0.717, 1.165) is 0 Å². The predicted molar refractivity (Wildman–Crippen MR) is 76.0 cm³/mol. The minimum Gasteiger partial charge on any atom is -0.324 e. The van der Waals surface area contributed by atoms with E-state index in [1.165, 1.54) is 29.0 Å². The maximum absolute atomic E-state index is 13.0. The summed E-state index contributed by atoms with van der Waals surface area (Å²) in [6.07, 6.45) is 1.39. The Kier molecular flexibility index (Phi) is 4.29. The van der Waals surface area contributed by atoms with Crippen molar-refractivity contribution in [3.63, 3.8) is 0 Å². The lowest BCUT2D eigenvalue weighted by molar-refractivity contribution is -0.116. The molecule has 2 rings (SSSR count). The number of amides is 1. The van der Waals surface area contributed by atoms with Gasteiger partial charge < -0.3 is 5.32 Å². The van der Waals surface area contributed by atoms with Gasteiger partial charge in [0.05, 0.1) is 0 Å². The Bertz CT molecular complexity index is 715. The molecule has 0 unspecified atom stereocenters. The second-order valence-corrected chi connectivity index (χ2v) is 4.96. The molecule has 1 heterocycles.